The third-order valence-electron chi connectivity index (χ3n) is 6.72. The molecule has 0 spiro atoms. The monoisotopic (exact) mass is 443 g/mol. The maximum absolute atomic E-state index is 12.5. The Hall–Kier alpha value is -2.65. The molecule has 0 heterocycles. The number of carbonyl (C=O) groups excluding carboxylic acids is 1. The van der Waals surface area contributed by atoms with Crippen LogP contribution in [0.15, 0.2) is 95.4 Å². The maximum atomic E-state index is 12.5. The highest BCUT2D eigenvalue weighted by Crippen LogP contribution is 2.41. The van der Waals surface area contributed by atoms with Crippen molar-refractivity contribution in [3.05, 3.63) is 95.4 Å². The molecular formula is C29H37NOSi. The average Bonchev–Trinajstić information content (AvgIpc) is 2.79. The molecule has 0 saturated carbocycles. The number of benzene rings is 2. The highest BCUT2D eigenvalue weighted by molar-refractivity contribution is 7.09. The van der Waals surface area contributed by atoms with Gasteiger partial charge in [0.15, 0.2) is 5.78 Å². The zero-order valence-corrected chi connectivity index (χ0v) is 21.2. The molecule has 0 aliphatic heterocycles. The van der Waals surface area contributed by atoms with E-state index in [4.69, 9.17) is 0 Å². The lowest BCUT2D eigenvalue weighted by Gasteiger charge is -2.46. The van der Waals surface area contributed by atoms with E-state index in [1.807, 2.05) is 13.1 Å². The highest BCUT2D eigenvalue weighted by Gasteiger charge is 2.49. The molecule has 32 heavy (non-hydrogen) atoms. The summed E-state index contributed by atoms with van der Waals surface area (Å²) < 4.78 is 0. The van der Waals surface area contributed by atoms with E-state index >= 15 is 0 Å². The first-order valence-corrected chi connectivity index (χ1v) is 13.8. The minimum Gasteiger partial charge on any atom is -0.391 e. The number of hydrogen-bond donors (Lipinski definition) is 1. The van der Waals surface area contributed by atoms with Gasteiger partial charge >= 0.3 is 0 Å². The Bertz CT molecular complexity index is 971. The summed E-state index contributed by atoms with van der Waals surface area (Å²) in [6.07, 6.45) is 9.95. The van der Waals surface area contributed by atoms with E-state index in [0.29, 0.717) is 6.42 Å². The zero-order valence-electron chi connectivity index (χ0n) is 20.2. The Balaban J connectivity index is 2.21. The lowest BCUT2D eigenvalue weighted by atomic mass is 9.94. The second-order valence-corrected chi connectivity index (χ2v) is 14.4. The van der Waals surface area contributed by atoms with Gasteiger partial charge in [0, 0.05) is 24.7 Å². The smallest absolute Gasteiger partial charge is 0.164 e. The molecule has 2 aromatic carbocycles. The molecular weight excluding hydrogens is 406 g/mol. The first kappa shape index (κ1) is 24.0. The minimum absolute atomic E-state index is 0.0709. The van der Waals surface area contributed by atoms with Crippen LogP contribution in [0.1, 0.15) is 53.4 Å². The van der Waals surface area contributed by atoms with Gasteiger partial charge in [-0.2, -0.15) is 0 Å². The summed E-state index contributed by atoms with van der Waals surface area (Å²) in [5.74, 6) is 0.244. The average molecular weight is 444 g/mol. The largest absolute Gasteiger partial charge is 0.391 e. The second kappa shape index (κ2) is 10.3. The number of rotatable bonds is 7. The van der Waals surface area contributed by atoms with Gasteiger partial charge in [0.25, 0.3) is 0 Å². The van der Waals surface area contributed by atoms with Gasteiger partial charge in [-0.1, -0.05) is 106 Å². The van der Waals surface area contributed by atoms with Crippen LogP contribution in [0.2, 0.25) is 5.04 Å². The number of Topliss-reactive ketones (excluding diaryl/α,β-unsaturated/α-hetero) is 1. The van der Waals surface area contributed by atoms with E-state index in [1.54, 1.807) is 0 Å². The van der Waals surface area contributed by atoms with E-state index in [9.17, 15) is 4.79 Å². The molecule has 0 radical (unpaired) electrons. The Kier molecular flexibility index (Phi) is 7.73. The van der Waals surface area contributed by atoms with E-state index in [2.05, 4.69) is 106 Å². The minimum atomic E-state index is -2.31. The molecule has 2 aromatic rings. The predicted molar refractivity (Wildman–Crippen MR) is 140 cm³/mol. The van der Waals surface area contributed by atoms with E-state index in [1.165, 1.54) is 15.6 Å². The highest BCUT2D eigenvalue weighted by atomic mass is 28.3. The van der Waals surface area contributed by atoms with Crippen molar-refractivity contribution in [2.75, 3.05) is 7.05 Å². The maximum Gasteiger partial charge on any atom is 0.164 e. The third-order valence-corrected chi connectivity index (χ3v) is 12.9. The Morgan fingerprint density at radius 2 is 1.53 bits per heavy atom. The van der Waals surface area contributed by atoms with Crippen molar-refractivity contribution in [1.29, 1.82) is 0 Å². The summed E-state index contributed by atoms with van der Waals surface area (Å²) in [5.41, 5.74) is 1.90. The van der Waals surface area contributed by atoms with Gasteiger partial charge in [-0.25, -0.2) is 0 Å². The predicted octanol–water partition coefficient (Wildman–Crippen LogP) is 5.71. The van der Waals surface area contributed by atoms with Crippen LogP contribution in [0.25, 0.3) is 0 Å². The summed E-state index contributed by atoms with van der Waals surface area (Å²) in [6, 6.07) is 22.1. The van der Waals surface area contributed by atoms with Crippen LogP contribution >= 0.6 is 0 Å². The van der Waals surface area contributed by atoms with Gasteiger partial charge in [0.1, 0.15) is 8.07 Å². The molecule has 0 amide bonds. The lowest BCUT2D eigenvalue weighted by Crippen LogP contribution is -2.65. The fourth-order valence-electron chi connectivity index (χ4n) is 5.35. The summed E-state index contributed by atoms with van der Waals surface area (Å²) in [4.78, 5) is 12.5. The summed E-state index contributed by atoms with van der Waals surface area (Å²) in [5, 5.41) is 7.66. The quantitative estimate of drug-likeness (QED) is 0.439. The van der Waals surface area contributed by atoms with Crippen LogP contribution in [0.3, 0.4) is 0 Å². The summed E-state index contributed by atoms with van der Waals surface area (Å²) in [7, 11) is -0.400. The SMILES string of the molecule is CC/C(=C\C=C\C1=C(NC)CCCC1=O)[Si](c1ccccc1)(c1ccccc1)C(C)(C)C. The first-order chi connectivity index (χ1) is 15.4. The topological polar surface area (TPSA) is 29.1 Å². The second-order valence-electron chi connectivity index (χ2n) is 9.56. The van der Waals surface area contributed by atoms with Crippen molar-refractivity contribution < 1.29 is 4.79 Å². The fraction of sp³-hybridized carbons (Fsp3) is 0.345. The van der Waals surface area contributed by atoms with Crippen molar-refractivity contribution in [2.24, 2.45) is 0 Å². The molecule has 0 atom stereocenters. The summed E-state index contributed by atoms with van der Waals surface area (Å²) in [6.45, 7) is 9.43. The number of hydrogen-bond acceptors (Lipinski definition) is 2. The van der Waals surface area contributed by atoms with Crippen molar-refractivity contribution in [3.8, 4) is 0 Å². The fourth-order valence-corrected chi connectivity index (χ4v) is 11.4. The lowest BCUT2D eigenvalue weighted by molar-refractivity contribution is -0.115. The Morgan fingerprint density at radius 3 is 2.00 bits per heavy atom. The van der Waals surface area contributed by atoms with Crippen LogP contribution < -0.4 is 15.7 Å². The Morgan fingerprint density at radius 1 is 0.969 bits per heavy atom. The van der Waals surface area contributed by atoms with Gasteiger partial charge in [-0.05, 0) is 40.8 Å². The van der Waals surface area contributed by atoms with E-state index in [-0.39, 0.29) is 10.8 Å². The molecule has 1 aliphatic rings. The molecule has 0 saturated heterocycles. The van der Waals surface area contributed by atoms with Crippen molar-refractivity contribution in [2.45, 2.75) is 58.4 Å². The van der Waals surface area contributed by atoms with Crippen molar-refractivity contribution in [3.63, 3.8) is 0 Å². The molecule has 1 N–H and O–H groups in total. The first-order valence-electron chi connectivity index (χ1n) is 11.8. The normalized spacial score (nSPS) is 16.0. The molecule has 168 valence electrons. The van der Waals surface area contributed by atoms with Crippen LogP contribution in [0.5, 0.6) is 0 Å². The number of nitrogens with one attached hydrogen (secondary N) is 1. The molecule has 0 fully saturated rings. The molecule has 0 bridgehead atoms. The molecule has 2 nitrogen and oxygen atoms in total. The Labute approximate surface area is 195 Å². The van der Waals surface area contributed by atoms with Crippen LogP contribution in [0, 0.1) is 0 Å². The molecule has 3 heteroatoms. The van der Waals surface area contributed by atoms with E-state index < -0.39 is 8.07 Å². The molecule has 1 aliphatic carbocycles. The van der Waals surface area contributed by atoms with Crippen LogP contribution in [-0.2, 0) is 4.79 Å². The van der Waals surface area contributed by atoms with Crippen molar-refractivity contribution >= 4 is 24.2 Å². The van der Waals surface area contributed by atoms with Gasteiger partial charge < -0.3 is 5.32 Å². The van der Waals surface area contributed by atoms with Crippen LogP contribution in [0.4, 0.5) is 0 Å². The van der Waals surface area contributed by atoms with Gasteiger partial charge in [-0.15, -0.1) is 0 Å². The van der Waals surface area contributed by atoms with Gasteiger partial charge in [0.05, 0.1) is 0 Å². The van der Waals surface area contributed by atoms with Crippen molar-refractivity contribution in [1.82, 2.24) is 5.32 Å². The summed E-state index contributed by atoms with van der Waals surface area (Å²) >= 11 is 0. The van der Waals surface area contributed by atoms with Gasteiger partial charge in [-0.3, -0.25) is 4.79 Å². The molecule has 0 aromatic heterocycles. The number of allylic oxidation sites excluding steroid dienone is 6. The zero-order chi connectivity index (χ0) is 23.2. The molecule has 3 rings (SSSR count). The van der Waals surface area contributed by atoms with E-state index in [0.717, 1.165) is 30.5 Å². The molecule has 0 unspecified atom stereocenters. The van der Waals surface area contributed by atoms with Crippen LogP contribution in [-0.4, -0.2) is 20.9 Å². The van der Waals surface area contributed by atoms with Gasteiger partial charge in [0.2, 0.25) is 0 Å². The third kappa shape index (κ3) is 4.58. The number of carbonyl (C=O) groups is 1. The number of ketones is 1. The standard InChI is InChI=1S/C29H37NOSi/c1-6-23(19-13-20-26-27(30-5)21-14-22-28(26)31)32(29(2,3)4,24-15-9-7-10-16-24)25-17-11-8-12-18-25/h7-13,15-20,30H,6,14,21-22H2,1-5H3/b20-13+,23-19+.